The standard InChI is InChI=1S/C19H25N5O/c1-15-21-16(2)24(22-15)14-18-5-3-4-10-23(18)11-12-25-19-8-6-17(13-20)7-9-19/h6-9,18H,3-5,10-12,14H2,1-2H3/t18-/m1/s1. The maximum Gasteiger partial charge on any atom is 0.147 e. The maximum absolute atomic E-state index is 8.84. The number of nitrogens with zero attached hydrogens (tertiary/aromatic N) is 5. The third kappa shape index (κ3) is 4.58. The maximum atomic E-state index is 8.84. The first kappa shape index (κ1) is 17.4. The smallest absolute Gasteiger partial charge is 0.147 e. The van der Waals surface area contributed by atoms with Crippen LogP contribution in [0.15, 0.2) is 24.3 Å². The Morgan fingerprint density at radius 2 is 2.04 bits per heavy atom. The van der Waals surface area contributed by atoms with E-state index in [-0.39, 0.29) is 0 Å². The highest BCUT2D eigenvalue weighted by molar-refractivity contribution is 5.34. The van der Waals surface area contributed by atoms with E-state index in [0.29, 0.717) is 18.2 Å². The minimum absolute atomic E-state index is 0.484. The van der Waals surface area contributed by atoms with E-state index >= 15 is 0 Å². The SMILES string of the molecule is Cc1nc(C)n(C[C@H]2CCCCN2CCOc2ccc(C#N)cc2)n1. The van der Waals surface area contributed by atoms with Gasteiger partial charge in [0.1, 0.15) is 24.0 Å². The molecule has 1 atom stereocenters. The van der Waals surface area contributed by atoms with Crippen LogP contribution >= 0.6 is 0 Å². The molecule has 1 fully saturated rings. The van der Waals surface area contributed by atoms with Crippen LogP contribution in [0.3, 0.4) is 0 Å². The Morgan fingerprint density at radius 3 is 2.72 bits per heavy atom. The summed E-state index contributed by atoms with van der Waals surface area (Å²) >= 11 is 0. The predicted octanol–water partition coefficient (Wildman–Crippen LogP) is 2.70. The molecule has 1 aromatic carbocycles. The number of nitriles is 1. The molecule has 6 nitrogen and oxygen atoms in total. The lowest BCUT2D eigenvalue weighted by molar-refractivity contribution is 0.108. The van der Waals surface area contributed by atoms with Gasteiger partial charge in [-0.2, -0.15) is 10.4 Å². The van der Waals surface area contributed by atoms with Gasteiger partial charge in [-0.15, -0.1) is 0 Å². The largest absolute Gasteiger partial charge is 0.492 e. The summed E-state index contributed by atoms with van der Waals surface area (Å²) in [6, 6.07) is 9.89. The summed E-state index contributed by atoms with van der Waals surface area (Å²) in [6.45, 7) is 7.50. The van der Waals surface area contributed by atoms with Crippen LogP contribution in [0.5, 0.6) is 5.75 Å². The van der Waals surface area contributed by atoms with Gasteiger partial charge in [0, 0.05) is 12.6 Å². The lowest BCUT2D eigenvalue weighted by Crippen LogP contribution is -2.44. The first-order valence-electron chi connectivity index (χ1n) is 8.91. The summed E-state index contributed by atoms with van der Waals surface area (Å²) in [5.41, 5.74) is 0.655. The Kier molecular flexibility index (Phi) is 5.67. The van der Waals surface area contributed by atoms with Crippen molar-refractivity contribution in [1.29, 1.82) is 5.26 Å². The van der Waals surface area contributed by atoms with Crippen molar-refractivity contribution in [3.63, 3.8) is 0 Å². The fourth-order valence-electron chi connectivity index (χ4n) is 3.40. The van der Waals surface area contributed by atoms with Crippen LogP contribution in [0.25, 0.3) is 0 Å². The first-order chi connectivity index (χ1) is 12.2. The molecule has 3 rings (SSSR count). The third-order valence-electron chi connectivity index (χ3n) is 4.73. The number of hydrogen-bond acceptors (Lipinski definition) is 5. The molecule has 0 saturated carbocycles. The van der Waals surface area contributed by atoms with Crippen molar-refractivity contribution in [3.8, 4) is 11.8 Å². The van der Waals surface area contributed by atoms with Gasteiger partial charge in [0.05, 0.1) is 18.2 Å². The summed E-state index contributed by atoms with van der Waals surface area (Å²) in [5, 5.41) is 13.3. The molecule has 1 saturated heterocycles. The molecule has 1 aromatic heterocycles. The molecule has 25 heavy (non-hydrogen) atoms. The van der Waals surface area contributed by atoms with E-state index in [1.165, 1.54) is 19.3 Å². The third-order valence-corrected chi connectivity index (χ3v) is 4.73. The summed E-state index contributed by atoms with van der Waals surface area (Å²) in [4.78, 5) is 6.91. The topological polar surface area (TPSA) is 67.0 Å². The second-order valence-corrected chi connectivity index (χ2v) is 6.56. The quantitative estimate of drug-likeness (QED) is 0.809. The summed E-state index contributed by atoms with van der Waals surface area (Å²) < 4.78 is 7.88. The number of likely N-dealkylation sites (tertiary alicyclic amines) is 1. The number of rotatable bonds is 6. The molecule has 0 N–H and O–H groups in total. The number of aromatic nitrogens is 3. The number of benzene rings is 1. The van der Waals surface area contributed by atoms with Gasteiger partial charge in [-0.1, -0.05) is 6.42 Å². The van der Waals surface area contributed by atoms with E-state index in [9.17, 15) is 0 Å². The van der Waals surface area contributed by atoms with E-state index in [1.807, 2.05) is 30.7 Å². The highest BCUT2D eigenvalue weighted by atomic mass is 16.5. The summed E-state index contributed by atoms with van der Waals surface area (Å²) in [6.07, 6.45) is 3.70. The summed E-state index contributed by atoms with van der Waals surface area (Å²) in [5.74, 6) is 2.64. The van der Waals surface area contributed by atoms with Crippen LogP contribution in [0.4, 0.5) is 0 Å². The van der Waals surface area contributed by atoms with Crippen molar-refractivity contribution < 1.29 is 4.74 Å². The number of piperidine rings is 1. The molecular weight excluding hydrogens is 314 g/mol. The molecule has 0 bridgehead atoms. The van der Waals surface area contributed by atoms with Crippen LogP contribution in [0, 0.1) is 25.2 Å². The molecule has 0 radical (unpaired) electrons. The molecule has 1 aliphatic heterocycles. The molecule has 2 heterocycles. The fourth-order valence-corrected chi connectivity index (χ4v) is 3.40. The molecule has 1 aliphatic rings. The average Bonchev–Trinajstić information content (AvgIpc) is 2.94. The Labute approximate surface area is 149 Å². The Morgan fingerprint density at radius 1 is 1.24 bits per heavy atom. The molecule has 0 spiro atoms. The Balaban J connectivity index is 1.54. The van der Waals surface area contributed by atoms with E-state index in [2.05, 4.69) is 21.1 Å². The molecule has 2 aromatic rings. The zero-order chi connectivity index (χ0) is 17.6. The van der Waals surface area contributed by atoms with E-state index < -0.39 is 0 Å². The van der Waals surface area contributed by atoms with Crippen LogP contribution < -0.4 is 4.74 Å². The van der Waals surface area contributed by atoms with Gasteiger partial charge in [0.15, 0.2) is 0 Å². The van der Waals surface area contributed by atoms with Gasteiger partial charge >= 0.3 is 0 Å². The normalized spacial score (nSPS) is 18.0. The number of aryl methyl sites for hydroxylation is 2. The lowest BCUT2D eigenvalue weighted by atomic mass is 10.0. The van der Waals surface area contributed by atoms with Crippen molar-refractivity contribution in [2.45, 2.75) is 45.7 Å². The number of hydrogen-bond donors (Lipinski definition) is 0. The highest BCUT2D eigenvalue weighted by Gasteiger charge is 2.23. The van der Waals surface area contributed by atoms with Crippen LogP contribution in [-0.4, -0.2) is 45.4 Å². The monoisotopic (exact) mass is 339 g/mol. The van der Waals surface area contributed by atoms with Gasteiger partial charge in [0.25, 0.3) is 0 Å². The van der Waals surface area contributed by atoms with Gasteiger partial charge < -0.3 is 4.74 Å². The van der Waals surface area contributed by atoms with E-state index in [1.54, 1.807) is 12.1 Å². The van der Waals surface area contributed by atoms with Crippen LogP contribution in [-0.2, 0) is 6.54 Å². The second-order valence-electron chi connectivity index (χ2n) is 6.56. The Bertz CT molecular complexity index is 731. The molecule has 6 heteroatoms. The second kappa shape index (κ2) is 8.13. The van der Waals surface area contributed by atoms with Crippen LogP contribution in [0.1, 0.15) is 36.5 Å². The predicted molar refractivity (Wildman–Crippen MR) is 95.4 cm³/mol. The fraction of sp³-hybridized carbons (Fsp3) is 0.526. The summed E-state index contributed by atoms with van der Waals surface area (Å²) in [7, 11) is 0. The Hall–Kier alpha value is -2.39. The first-order valence-corrected chi connectivity index (χ1v) is 8.91. The molecular formula is C19H25N5O. The molecule has 0 unspecified atom stereocenters. The van der Waals surface area contributed by atoms with Crippen molar-refractivity contribution in [3.05, 3.63) is 41.5 Å². The molecule has 0 amide bonds. The zero-order valence-corrected chi connectivity index (χ0v) is 15.0. The van der Waals surface area contributed by atoms with Crippen molar-refractivity contribution in [1.82, 2.24) is 19.7 Å². The van der Waals surface area contributed by atoms with E-state index in [0.717, 1.165) is 37.0 Å². The van der Waals surface area contributed by atoms with Crippen molar-refractivity contribution >= 4 is 0 Å². The van der Waals surface area contributed by atoms with Gasteiger partial charge in [-0.05, 0) is 57.5 Å². The highest BCUT2D eigenvalue weighted by Crippen LogP contribution is 2.19. The minimum atomic E-state index is 0.484. The lowest BCUT2D eigenvalue weighted by Gasteiger charge is -2.35. The average molecular weight is 339 g/mol. The van der Waals surface area contributed by atoms with Gasteiger partial charge in [0.2, 0.25) is 0 Å². The van der Waals surface area contributed by atoms with Gasteiger partial charge in [-0.25, -0.2) is 9.67 Å². The van der Waals surface area contributed by atoms with Gasteiger partial charge in [-0.3, -0.25) is 4.90 Å². The number of ether oxygens (including phenoxy) is 1. The zero-order valence-electron chi connectivity index (χ0n) is 15.0. The van der Waals surface area contributed by atoms with Crippen molar-refractivity contribution in [2.24, 2.45) is 0 Å². The molecule has 0 aliphatic carbocycles. The minimum Gasteiger partial charge on any atom is -0.492 e. The van der Waals surface area contributed by atoms with Crippen molar-refractivity contribution in [2.75, 3.05) is 19.7 Å². The van der Waals surface area contributed by atoms with Crippen LogP contribution in [0.2, 0.25) is 0 Å². The van der Waals surface area contributed by atoms with E-state index in [4.69, 9.17) is 10.00 Å². The molecule has 132 valence electrons.